The van der Waals surface area contributed by atoms with E-state index in [-0.39, 0.29) is 42.7 Å². The van der Waals surface area contributed by atoms with Crippen LogP contribution in [0.3, 0.4) is 0 Å². The second-order valence-electron chi connectivity index (χ2n) is 6.10. The summed E-state index contributed by atoms with van der Waals surface area (Å²) in [5, 5.41) is 0.452. The second kappa shape index (κ2) is 8.77. The Bertz CT molecular complexity index is 963. The molecule has 0 bridgehead atoms. The van der Waals surface area contributed by atoms with E-state index in [0.717, 1.165) is 23.9 Å². The van der Waals surface area contributed by atoms with E-state index in [4.69, 9.17) is 11.6 Å². The van der Waals surface area contributed by atoms with Gasteiger partial charge in [-0.25, -0.2) is 17.2 Å². The molecule has 5 nitrogen and oxygen atoms in total. The molecule has 10 heteroatoms. The quantitative estimate of drug-likeness (QED) is 0.661. The van der Waals surface area contributed by atoms with Crippen molar-refractivity contribution in [1.29, 1.82) is 0 Å². The number of halogens is 3. The van der Waals surface area contributed by atoms with E-state index in [2.05, 4.69) is 0 Å². The minimum atomic E-state index is -3.64. The summed E-state index contributed by atoms with van der Waals surface area (Å²) in [6.07, 6.45) is 0. The lowest BCUT2D eigenvalue weighted by atomic mass is 10.3. The van der Waals surface area contributed by atoms with E-state index in [1.807, 2.05) is 0 Å². The highest BCUT2D eigenvalue weighted by Crippen LogP contribution is 2.22. The van der Waals surface area contributed by atoms with Gasteiger partial charge in [-0.05, 0) is 42.5 Å². The van der Waals surface area contributed by atoms with Crippen LogP contribution in [0.4, 0.5) is 8.78 Å². The minimum Gasteiger partial charge on any atom is -0.339 e. The fraction of sp³-hybridized carbons (Fsp3) is 0.278. The molecule has 1 aliphatic heterocycles. The zero-order chi connectivity index (χ0) is 20.3. The van der Waals surface area contributed by atoms with Crippen LogP contribution in [-0.4, -0.2) is 55.5 Å². The van der Waals surface area contributed by atoms with Gasteiger partial charge in [0.15, 0.2) is 11.6 Å². The number of thioether (sulfide) groups is 1. The Balaban J connectivity index is 1.55. The molecule has 1 heterocycles. The van der Waals surface area contributed by atoms with Crippen molar-refractivity contribution in [2.24, 2.45) is 0 Å². The van der Waals surface area contributed by atoms with Crippen molar-refractivity contribution in [2.45, 2.75) is 9.79 Å². The first-order valence-electron chi connectivity index (χ1n) is 8.39. The molecule has 150 valence electrons. The molecule has 0 radical (unpaired) electrons. The molecule has 0 atom stereocenters. The normalized spacial score (nSPS) is 15.6. The molecular formula is C18H17ClF2N2O3S2. The summed E-state index contributed by atoms with van der Waals surface area (Å²) < 4.78 is 52.8. The summed E-state index contributed by atoms with van der Waals surface area (Å²) in [5.74, 6) is -2.01. The van der Waals surface area contributed by atoms with Gasteiger partial charge in [-0.3, -0.25) is 4.79 Å². The van der Waals surface area contributed by atoms with Crippen LogP contribution >= 0.6 is 23.4 Å². The van der Waals surface area contributed by atoms with E-state index in [1.54, 1.807) is 4.90 Å². The topological polar surface area (TPSA) is 57.7 Å². The molecule has 0 saturated carbocycles. The Labute approximate surface area is 171 Å². The van der Waals surface area contributed by atoms with E-state index in [0.29, 0.717) is 9.92 Å². The van der Waals surface area contributed by atoms with Crippen molar-refractivity contribution in [3.05, 3.63) is 59.1 Å². The summed E-state index contributed by atoms with van der Waals surface area (Å²) in [4.78, 5) is 14.5. The van der Waals surface area contributed by atoms with Gasteiger partial charge in [0, 0.05) is 36.1 Å². The highest BCUT2D eigenvalue weighted by Gasteiger charge is 2.30. The van der Waals surface area contributed by atoms with Gasteiger partial charge in [-0.15, -0.1) is 11.8 Å². The molecule has 1 aliphatic rings. The maximum atomic E-state index is 13.2. The van der Waals surface area contributed by atoms with Crippen molar-refractivity contribution in [1.82, 2.24) is 9.21 Å². The van der Waals surface area contributed by atoms with Gasteiger partial charge < -0.3 is 4.90 Å². The first-order chi connectivity index (χ1) is 13.3. The van der Waals surface area contributed by atoms with Crippen LogP contribution in [0.1, 0.15) is 0 Å². The predicted molar refractivity (Wildman–Crippen MR) is 104 cm³/mol. The Kier molecular flexibility index (Phi) is 6.59. The van der Waals surface area contributed by atoms with Crippen molar-refractivity contribution in [2.75, 3.05) is 31.9 Å². The van der Waals surface area contributed by atoms with Crippen molar-refractivity contribution in [3.63, 3.8) is 0 Å². The lowest BCUT2D eigenvalue weighted by Crippen LogP contribution is -2.50. The highest BCUT2D eigenvalue weighted by atomic mass is 35.5. The molecule has 28 heavy (non-hydrogen) atoms. The van der Waals surface area contributed by atoms with Crippen molar-refractivity contribution < 1.29 is 22.0 Å². The Morgan fingerprint density at radius 3 is 2.25 bits per heavy atom. The van der Waals surface area contributed by atoms with E-state index in [9.17, 15) is 22.0 Å². The standard InChI is InChI=1S/C18H17ClF2N2O3S2/c19-13-1-4-15(5-2-13)28(25,26)23-9-7-22(8-10-23)18(24)12-27-14-3-6-16(20)17(21)11-14/h1-6,11H,7-10,12H2. The van der Waals surface area contributed by atoms with E-state index in [1.165, 1.54) is 34.6 Å². The second-order valence-corrected chi connectivity index (χ2v) is 9.53. The van der Waals surface area contributed by atoms with Gasteiger partial charge in [-0.2, -0.15) is 4.31 Å². The third-order valence-electron chi connectivity index (χ3n) is 4.30. The number of nitrogens with zero attached hydrogens (tertiary/aromatic N) is 2. The van der Waals surface area contributed by atoms with E-state index >= 15 is 0 Å². The average Bonchev–Trinajstić information content (AvgIpc) is 2.69. The van der Waals surface area contributed by atoms with Gasteiger partial charge in [0.2, 0.25) is 15.9 Å². The third kappa shape index (κ3) is 4.83. The first kappa shape index (κ1) is 21.0. The van der Waals surface area contributed by atoms with Gasteiger partial charge in [-0.1, -0.05) is 11.6 Å². The van der Waals surface area contributed by atoms with Crippen LogP contribution in [0.15, 0.2) is 52.3 Å². The number of benzene rings is 2. The van der Waals surface area contributed by atoms with Crippen LogP contribution in [0.5, 0.6) is 0 Å². The van der Waals surface area contributed by atoms with Gasteiger partial charge >= 0.3 is 0 Å². The highest BCUT2D eigenvalue weighted by molar-refractivity contribution is 8.00. The Morgan fingerprint density at radius 1 is 1.00 bits per heavy atom. The number of carbonyl (C=O) groups excluding carboxylic acids is 1. The molecule has 1 saturated heterocycles. The zero-order valence-corrected chi connectivity index (χ0v) is 17.0. The fourth-order valence-electron chi connectivity index (χ4n) is 2.74. The molecule has 3 rings (SSSR count). The maximum absolute atomic E-state index is 13.2. The molecule has 0 unspecified atom stereocenters. The molecule has 1 amide bonds. The van der Waals surface area contributed by atoms with Crippen LogP contribution in [0.25, 0.3) is 0 Å². The molecule has 1 fully saturated rings. The molecule has 0 spiro atoms. The molecule has 0 aliphatic carbocycles. The van der Waals surface area contributed by atoms with Crippen LogP contribution in [0.2, 0.25) is 5.02 Å². The van der Waals surface area contributed by atoms with Crippen LogP contribution < -0.4 is 0 Å². The average molecular weight is 447 g/mol. The Morgan fingerprint density at radius 2 is 1.64 bits per heavy atom. The molecule has 2 aromatic carbocycles. The summed E-state index contributed by atoms with van der Waals surface area (Å²) in [5.41, 5.74) is 0. The molecule has 2 aromatic rings. The molecule has 0 N–H and O–H groups in total. The third-order valence-corrected chi connectivity index (χ3v) is 7.44. The number of hydrogen-bond acceptors (Lipinski definition) is 4. The first-order valence-corrected chi connectivity index (χ1v) is 11.2. The van der Waals surface area contributed by atoms with E-state index < -0.39 is 21.7 Å². The number of rotatable bonds is 5. The predicted octanol–water partition coefficient (Wildman–Crippen LogP) is 3.24. The number of hydrogen-bond donors (Lipinski definition) is 0. The number of amides is 1. The zero-order valence-electron chi connectivity index (χ0n) is 14.6. The van der Waals surface area contributed by atoms with Crippen molar-refractivity contribution in [3.8, 4) is 0 Å². The summed E-state index contributed by atoms with van der Waals surface area (Å²) >= 11 is 6.91. The smallest absolute Gasteiger partial charge is 0.243 e. The van der Waals surface area contributed by atoms with Gasteiger partial charge in [0.25, 0.3) is 0 Å². The number of piperazine rings is 1. The molecule has 0 aromatic heterocycles. The number of carbonyl (C=O) groups is 1. The fourth-order valence-corrected chi connectivity index (χ4v) is 5.11. The summed E-state index contributed by atoms with van der Waals surface area (Å²) in [6, 6.07) is 9.41. The number of sulfonamides is 1. The minimum absolute atomic E-state index is 0.0645. The maximum Gasteiger partial charge on any atom is 0.243 e. The lowest BCUT2D eigenvalue weighted by Gasteiger charge is -2.34. The van der Waals surface area contributed by atoms with Crippen molar-refractivity contribution >= 4 is 39.3 Å². The lowest BCUT2D eigenvalue weighted by molar-refractivity contribution is -0.129. The summed E-state index contributed by atoms with van der Waals surface area (Å²) in [6.45, 7) is 0.910. The van der Waals surface area contributed by atoms with Crippen LogP contribution in [0, 0.1) is 11.6 Å². The summed E-state index contributed by atoms with van der Waals surface area (Å²) in [7, 11) is -3.64. The Hall–Kier alpha value is -1.68. The van der Waals surface area contributed by atoms with Gasteiger partial charge in [0.05, 0.1) is 10.6 Å². The monoisotopic (exact) mass is 446 g/mol. The molecular weight excluding hydrogens is 430 g/mol. The van der Waals surface area contributed by atoms with Gasteiger partial charge in [0.1, 0.15) is 0 Å². The largest absolute Gasteiger partial charge is 0.339 e. The SMILES string of the molecule is O=C(CSc1ccc(F)c(F)c1)N1CCN(S(=O)(=O)c2ccc(Cl)cc2)CC1. The van der Waals surface area contributed by atoms with Crippen LogP contribution in [-0.2, 0) is 14.8 Å².